The number of hydrogen-bond acceptors (Lipinski definition) is 8. The van der Waals surface area contributed by atoms with E-state index in [2.05, 4.69) is 15.1 Å². The molecule has 37 heavy (non-hydrogen) atoms. The monoisotopic (exact) mass is 521 g/mol. The summed E-state index contributed by atoms with van der Waals surface area (Å²) in [6, 6.07) is 13.7. The molecule has 1 aliphatic rings. The first-order valence-corrected chi connectivity index (χ1v) is 12.9. The molecule has 2 aromatic carbocycles. The Hall–Kier alpha value is -3.83. The highest BCUT2D eigenvalue weighted by Gasteiger charge is 2.28. The van der Waals surface area contributed by atoms with Crippen LogP contribution in [0.2, 0.25) is 0 Å². The highest BCUT2D eigenvalue weighted by molar-refractivity contribution is 7.98. The third-order valence-electron chi connectivity index (χ3n) is 5.92. The summed E-state index contributed by atoms with van der Waals surface area (Å²) < 4.78 is 26.7. The Balaban J connectivity index is 1.30. The molecule has 4 aromatic rings. The summed E-state index contributed by atoms with van der Waals surface area (Å²) in [5, 5.41) is 4.98. The second-order valence-corrected chi connectivity index (χ2v) is 9.26. The van der Waals surface area contributed by atoms with Crippen LogP contribution < -0.4 is 4.74 Å². The van der Waals surface area contributed by atoms with Crippen LogP contribution in [0.3, 0.4) is 0 Å². The predicted octanol–water partition coefficient (Wildman–Crippen LogP) is 3.44. The highest BCUT2D eigenvalue weighted by Crippen LogP contribution is 2.21. The molecular formula is C26H24FN5O4S. The number of thioether (sulfide) groups is 1. The number of amides is 1. The first kappa shape index (κ1) is 24.8. The molecule has 1 amide bonds. The van der Waals surface area contributed by atoms with Crippen molar-refractivity contribution in [3.05, 3.63) is 82.8 Å². The number of halogens is 1. The number of aryl methyl sites for hydroxylation is 1. The summed E-state index contributed by atoms with van der Waals surface area (Å²) >= 11 is 1.41. The van der Waals surface area contributed by atoms with Gasteiger partial charge in [-0.3, -0.25) is 9.59 Å². The molecule has 3 heterocycles. The van der Waals surface area contributed by atoms with E-state index < -0.39 is 5.82 Å². The van der Waals surface area contributed by atoms with Crippen molar-refractivity contribution < 1.29 is 23.5 Å². The van der Waals surface area contributed by atoms with Gasteiger partial charge in [0, 0.05) is 29.4 Å². The smallest absolute Gasteiger partial charge is 0.256 e. The minimum absolute atomic E-state index is 0.187. The molecule has 1 fully saturated rings. The number of carbonyl (C=O) groups is 2. The molecule has 0 aliphatic carbocycles. The van der Waals surface area contributed by atoms with Gasteiger partial charge in [-0.05, 0) is 43.5 Å². The van der Waals surface area contributed by atoms with Gasteiger partial charge in [0.25, 0.3) is 11.7 Å². The number of carbonyl (C=O) groups excluding carboxylic acids is 2. The van der Waals surface area contributed by atoms with E-state index in [0.29, 0.717) is 42.1 Å². The van der Waals surface area contributed by atoms with Crippen LogP contribution in [-0.4, -0.2) is 74.8 Å². The number of morpholine rings is 1. The van der Waals surface area contributed by atoms with Gasteiger partial charge in [0.05, 0.1) is 18.7 Å². The van der Waals surface area contributed by atoms with Crippen molar-refractivity contribution in [3.8, 4) is 5.88 Å². The SMILES string of the molecule is CSc1nc2nc(C)cc(OCC3CN(C(=O)c4ccccc4C(=O)c4ccc(F)cc4)CCO3)n2n1. The van der Waals surface area contributed by atoms with E-state index in [-0.39, 0.29) is 35.5 Å². The first-order valence-electron chi connectivity index (χ1n) is 11.6. The molecule has 1 unspecified atom stereocenters. The van der Waals surface area contributed by atoms with E-state index >= 15 is 0 Å². The number of aromatic nitrogens is 4. The van der Waals surface area contributed by atoms with Gasteiger partial charge in [-0.25, -0.2) is 9.37 Å². The normalized spacial score (nSPS) is 15.6. The maximum Gasteiger partial charge on any atom is 0.256 e. The zero-order chi connectivity index (χ0) is 25.9. The average molecular weight is 522 g/mol. The van der Waals surface area contributed by atoms with Crippen LogP contribution in [0.4, 0.5) is 4.39 Å². The molecular weight excluding hydrogens is 497 g/mol. The quantitative estimate of drug-likeness (QED) is 0.269. The lowest BCUT2D eigenvalue weighted by atomic mass is 9.97. The molecule has 1 aliphatic heterocycles. The topological polar surface area (TPSA) is 98.9 Å². The number of benzene rings is 2. The lowest BCUT2D eigenvalue weighted by molar-refractivity contribution is -0.0410. The van der Waals surface area contributed by atoms with Crippen LogP contribution in [-0.2, 0) is 4.74 Å². The summed E-state index contributed by atoms with van der Waals surface area (Å²) in [5.74, 6) is -0.117. The molecule has 2 aromatic heterocycles. The lowest BCUT2D eigenvalue weighted by Crippen LogP contribution is -2.48. The van der Waals surface area contributed by atoms with Crippen LogP contribution in [0.25, 0.3) is 5.78 Å². The molecule has 9 nitrogen and oxygen atoms in total. The summed E-state index contributed by atoms with van der Waals surface area (Å²) in [5.41, 5.74) is 1.61. The van der Waals surface area contributed by atoms with Crippen molar-refractivity contribution in [2.24, 2.45) is 0 Å². The zero-order valence-electron chi connectivity index (χ0n) is 20.3. The zero-order valence-corrected chi connectivity index (χ0v) is 21.1. The molecule has 0 N–H and O–H groups in total. The van der Waals surface area contributed by atoms with E-state index in [4.69, 9.17) is 9.47 Å². The third kappa shape index (κ3) is 5.32. The van der Waals surface area contributed by atoms with Crippen molar-refractivity contribution in [3.63, 3.8) is 0 Å². The van der Waals surface area contributed by atoms with Crippen LogP contribution in [0.15, 0.2) is 59.8 Å². The van der Waals surface area contributed by atoms with Gasteiger partial charge in [0.15, 0.2) is 5.78 Å². The fourth-order valence-corrected chi connectivity index (χ4v) is 4.44. The molecule has 1 atom stereocenters. The van der Waals surface area contributed by atoms with Crippen molar-refractivity contribution >= 4 is 29.2 Å². The van der Waals surface area contributed by atoms with Crippen molar-refractivity contribution in [2.45, 2.75) is 18.2 Å². The van der Waals surface area contributed by atoms with Gasteiger partial charge in [0.1, 0.15) is 18.5 Å². The van der Waals surface area contributed by atoms with Gasteiger partial charge in [-0.1, -0.05) is 30.0 Å². The van der Waals surface area contributed by atoms with E-state index in [9.17, 15) is 14.0 Å². The largest absolute Gasteiger partial charge is 0.475 e. The number of fused-ring (bicyclic) bond motifs is 1. The van der Waals surface area contributed by atoms with Crippen molar-refractivity contribution in [1.82, 2.24) is 24.5 Å². The minimum Gasteiger partial charge on any atom is -0.475 e. The first-order chi connectivity index (χ1) is 17.9. The molecule has 1 saturated heterocycles. The Morgan fingerprint density at radius 2 is 1.89 bits per heavy atom. The van der Waals surface area contributed by atoms with Gasteiger partial charge >= 0.3 is 0 Å². The van der Waals surface area contributed by atoms with Crippen LogP contribution in [0.5, 0.6) is 5.88 Å². The second-order valence-electron chi connectivity index (χ2n) is 8.48. The third-order valence-corrected chi connectivity index (χ3v) is 6.46. The number of ether oxygens (including phenoxy) is 2. The molecule has 0 spiro atoms. The second kappa shape index (κ2) is 10.7. The number of nitrogens with zero attached hydrogens (tertiary/aromatic N) is 5. The van der Waals surface area contributed by atoms with Crippen LogP contribution in [0, 0.1) is 12.7 Å². The van der Waals surface area contributed by atoms with E-state index in [0.717, 1.165) is 5.69 Å². The Morgan fingerprint density at radius 3 is 2.65 bits per heavy atom. The number of hydrogen-bond donors (Lipinski definition) is 0. The summed E-state index contributed by atoms with van der Waals surface area (Å²) in [7, 11) is 0. The van der Waals surface area contributed by atoms with Crippen LogP contribution in [0.1, 0.15) is 32.0 Å². The molecule has 0 saturated carbocycles. The Bertz CT molecular complexity index is 1460. The van der Waals surface area contributed by atoms with E-state index in [1.807, 2.05) is 13.2 Å². The Morgan fingerprint density at radius 1 is 1.14 bits per heavy atom. The summed E-state index contributed by atoms with van der Waals surface area (Å²) in [4.78, 5) is 37.0. The number of rotatable bonds is 7. The molecule has 0 bridgehead atoms. The molecule has 5 rings (SSSR count). The van der Waals surface area contributed by atoms with Gasteiger partial charge in [-0.2, -0.15) is 9.50 Å². The maximum absolute atomic E-state index is 13.5. The molecule has 11 heteroatoms. The molecule has 0 radical (unpaired) electrons. The lowest BCUT2D eigenvalue weighted by Gasteiger charge is -2.33. The van der Waals surface area contributed by atoms with Gasteiger partial charge in [-0.15, -0.1) is 5.10 Å². The fraction of sp³-hybridized carbons (Fsp3) is 0.269. The Labute approximate surface area is 216 Å². The Kier molecular flexibility index (Phi) is 7.15. The fourth-order valence-electron chi connectivity index (χ4n) is 4.10. The molecule has 190 valence electrons. The van der Waals surface area contributed by atoms with Gasteiger partial charge < -0.3 is 14.4 Å². The van der Waals surface area contributed by atoms with Crippen molar-refractivity contribution in [2.75, 3.05) is 32.6 Å². The maximum atomic E-state index is 13.5. The minimum atomic E-state index is -0.432. The summed E-state index contributed by atoms with van der Waals surface area (Å²) in [6.45, 7) is 3.04. The van der Waals surface area contributed by atoms with Crippen LogP contribution >= 0.6 is 11.8 Å². The van der Waals surface area contributed by atoms with Gasteiger partial charge in [0.2, 0.25) is 11.0 Å². The van der Waals surface area contributed by atoms with Crippen molar-refractivity contribution in [1.29, 1.82) is 0 Å². The average Bonchev–Trinajstić information content (AvgIpc) is 3.35. The number of ketones is 1. The summed E-state index contributed by atoms with van der Waals surface area (Å²) in [6.07, 6.45) is 1.50. The predicted molar refractivity (Wildman–Crippen MR) is 135 cm³/mol. The van der Waals surface area contributed by atoms with E-state index in [1.54, 1.807) is 39.7 Å². The standard InChI is InChI=1S/C26H24FN5O4S/c1-16-13-22(32-25(28-16)29-26(30-32)37-2)36-15-19-14-31(11-12-35-19)24(34)21-6-4-3-5-20(21)23(33)17-7-9-18(27)10-8-17/h3-10,13,19H,11-12,14-15H2,1-2H3. The van der Waals surface area contributed by atoms with E-state index in [1.165, 1.54) is 36.0 Å². The highest BCUT2D eigenvalue weighted by atomic mass is 32.2.